The SMILES string of the molecule is CCC(C)N(SCCS)c1ccccc1. The van der Waals surface area contributed by atoms with E-state index in [4.69, 9.17) is 0 Å². The standard InChI is InChI=1S/C12H19NS2/c1-3-11(2)13(15-10-9-14)12-7-5-4-6-8-12/h4-8,11,14H,3,9-10H2,1-2H3. The van der Waals surface area contributed by atoms with Gasteiger partial charge in [0, 0.05) is 23.2 Å². The van der Waals surface area contributed by atoms with E-state index in [9.17, 15) is 0 Å². The lowest BCUT2D eigenvalue weighted by Crippen LogP contribution is -2.26. The van der Waals surface area contributed by atoms with Crippen molar-refractivity contribution in [3.05, 3.63) is 30.3 Å². The molecule has 0 saturated carbocycles. The number of rotatable bonds is 6. The van der Waals surface area contributed by atoms with E-state index in [1.54, 1.807) is 0 Å². The van der Waals surface area contributed by atoms with Crippen LogP contribution in [0.5, 0.6) is 0 Å². The molecule has 0 saturated heterocycles. The number of hydrogen-bond acceptors (Lipinski definition) is 3. The second-order valence-corrected chi connectivity index (χ2v) is 4.98. The van der Waals surface area contributed by atoms with Gasteiger partial charge in [-0.3, -0.25) is 0 Å². The first-order valence-corrected chi connectivity index (χ1v) is 6.95. The average molecular weight is 241 g/mol. The van der Waals surface area contributed by atoms with Crippen molar-refractivity contribution < 1.29 is 0 Å². The summed E-state index contributed by atoms with van der Waals surface area (Å²) in [7, 11) is 0. The van der Waals surface area contributed by atoms with Gasteiger partial charge in [-0.2, -0.15) is 12.6 Å². The summed E-state index contributed by atoms with van der Waals surface area (Å²) in [6.07, 6.45) is 1.16. The molecule has 0 radical (unpaired) electrons. The molecule has 0 aliphatic rings. The monoisotopic (exact) mass is 241 g/mol. The summed E-state index contributed by atoms with van der Waals surface area (Å²) < 4.78 is 2.39. The second kappa shape index (κ2) is 7.07. The summed E-state index contributed by atoms with van der Waals surface area (Å²) >= 11 is 6.12. The Labute approximate surface area is 103 Å². The largest absolute Gasteiger partial charge is 0.313 e. The van der Waals surface area contributed by atoms with Crippen LogP contribution in [0.1, 0.15) is 20.3 Å². The summed E-state index contributed by atoms with van der Waals surface area (Å²) in [5, 5.41) is 0. The van der Waals surface area contributed by atoms with Crippen LogP contribution in [0.2, 0.25) is 0 Å². The smallest absolute Gasteiger partial charge is 0.0472 e. The van der Waals surface area contributed by atoms with Crippen molar-refractivity contribution in [3.8, 4) is 0 Å². The van der Waals surface area contributed by atoms with Gasteiger partial charge in [0.1, 0.15) is 0 Å². The third-order valence-electron chi connectivity index (χ3n) is 2.32. The Morgan fingerprint density at radius 1 is 1.33 bits per heavy atom. The fourth-order valence-electron chi connectivity index (χ4n) is 1.34. The van der Waals surface area contributed by atoms with Crippen LogP contribution in [-0.2, 0) is 0 Å². The molecule has 1 rings (SSSR count). The molecule has 1 atom stereocenters. The van der Waals surface area contributed by atoms with Crippen molar-refractivity contribution in [3.63, 3.8) is 0 Å². The van der Waals surface area contributed by atoms with Crippen LogP contribution < -0.4 is 4.31 Å². The zero-order valence-corrected chi connectivity index (χ0v) is 11.1. The van der Waals surface area contributed by atoms with Gasteiger partial charge in [0.2, 0.25) is 0 Å². The lowest BCUT2D eigenvalue weighted by atomic mass is 10.2. The van der Waals surface area contributed by atoms with Gasteiger partial charge in [-0.1, -0.05) is 25.1 Å². The van der Waals surface area contributed by atoms with E-state index in [1.165, 1.54) is 5.69 Å². The molecule has 0 aromatic heterocycles. The minimum absolute atomic E-state index is 0.567. The third-order valence-corrected chi connectivity index (χ3v) is 4.09. The highest BCUT2D eigenvalue weighted by atomic mass is 32.2. The Hall–Kier alpha value is -0.280. The highest BCUT2D eigenvalue weighted by Gasteiger charge is 2.12. The second-order valence-electron chi connectivity index (χ2n) is 3.48. The lowest BCUT2D eigenvalue weighted by molar-refractivity contribution is 0.720. The summed E-state index contributed by atoms with van der Waals surface area (Å²) in [5.74, 6) is 1.98. The van der Waals surface area contributed by atoms with E-state index >= 15 is 0 Å². The van der Waals surface area contributed by atoms with Crippen LogP contribution in [0.3, 0.4) is 0 Å². The molecule has 1 unspecified atom stereocenters. The van der Waals surface area contributed by atoms with Crippen molar-refractivity contribution in [1.82, 2.24) is 0 Å². The number of benzene rings is 1. The number of nitrogens with zero attached hydrogens (tertiary/aromatic N) is 1. The molecular formula is C12H19NS2. The maximum atomic E-state index is 4.26. The lowest BCUT2D eigenvalue weighted by Gasteiger charge is -2.29. The Balaban J connectivity index is 2.72. The van der Waals surface area contributed by atoms with Crippen LogP contribution in [-0.4, -0.2) is 17.5 Å². The van der Waals surface area contributed by atoms with Crippen LogP contribution >= 0.6 is 24.6 Å². The molecule has 0 N–H and O–H groups in total. The average Bonchev–Trinajstić information content (AvgIpc) is 2.30. The van der Waals surface area contributed by atoms with E-state index in [-0.39, 0.29) is 0 Å². The molecule has 1 nitrogen and oxygen atoms in total. The molecule has 0 heterocycles. The maximum absolute atomic E-state index is 4.26. The molecule has 0 bridgehead atoms. The van der Waals surface area contributed by atoms with Crippen LogP contribution in [0.4, 0.5) is 5.69 Å². The summed E-state index contributed by atoms with van der Waals surface area (Å²) in [6, 6.07) is 11.1. The number of thiol groups is 1. The minimum Gasteiger partial charge on any atom is -0.313 e. The molecule has 0 fully saturated rings. The van der Waals surface area contributed by atoms with Crippen molar-refractivity contribution >= 4 is 30.3 Å². The van der Waals surface area contributed by atoms with Crippen LogP contribution in [0.15, 0.2) is 30.3 Å². The van der Waals surface area contributed by atoms with Gasteiger partial charge in [-0.25, -0.2) is 0 Å². The predicted octanol–water partition coefficient (Wildman–Crippen LogP) is 3.87. The highest BCUT2D eigenvalue weighted by Crippen LogP contribution is 2.26. The normalized spacial score (nSPS) is 12.5. The van der Waals surface area contributed by atoms with Gasteiger partial charge in [0.25, 0.3) is 0 Å². The molecular weight excluding hydrogens is 222 g/mol. The molecule has 0 spiro atoms. The molecule has 0 aliphatic carbocycles. The van der Waals surface area contributed by atoms with E-state index in [0.717, 1.165) is 17.9 Å². The quantitative estimate of drug-likeness (QED) is 0.595. The van der Waals surface area contributed by atoms with Crippen molar-refractivity contribution in [2.45, 2.75) is 26.3 Å². The van der Waals surface area contributed by atoms with Gasteiger partial charge in [-0.15, -0.1) is 0 Å². The van der Waals surface area contributed by atoms with E-state index in [0.29, 0.717) is 6.04 Å². The van der Waals surface area contributed by atoms with Gasteiger partial charge >= 0.3 is 0 Å². The fourth-order valence-corrected chi connectivity index (χ4v) is 2.53. The minimum atomic E-state index is 0.567. The van der Waals surface area contributed by atoms with E-state index in [2.05, 4.69) is 61.1 Å². The summed E-state index contributed by atoms with van der Waals surface area (Å²) in [5.41, 5.74) is 1.29. The van der Waals surface area contributed by atoms with Gasteiger partial charge in [0.15, 0.2) is 0 Å². The molecule has 1 aromatic carbocycles. The highest BCUT2D eigenvalue weighted by molar-refractivity contribution is 8.01. The Morgan fingerprint density at radius 2 is 2.00 bits per heavy atom. The molecule has 0 amide bonds. The maximum Gasteiger partial charge on any atom is 0.0472 e. The zero-order valence-electron chi connectivity index (χ0n) is 9.39. The first-order chi connectivity index (χ1) is 7.29. The first kappa shape index (κ1) is 12.8. The topological polar surface area (TPSA) is 3.24 Å². The summed E-state index contributed by atoms with van der Waals surface area (Å²) in [6.45, 7) is 4.49. The Morgan fingerprint density at radius 3 is 2.53 bits per heavy atom. The molecule has 3 heteroatoms. The summed E-state index contributed by atoms with van der Waals surface area (Å²) in [4.78, 5) is 0. The fraction of sp³-hybridized carbons (Fsp3) is 0.500. The molecule has 0 aliphatic heterocycles. The van der Waals surface area contributed by atoms with E-state index in [1.807, 2.05) is 11.9 Å². The number of para-hydroxylation sites is 1. The van der Waals surface area contributed by atoms with Crippen molar-refractivity contribution in [2.75, 3.05) is 15.8 Å². The Bertz CT molecular complexity index is 264. The van der Waals surface area contributed by atoms with Crippen LogP contribution in [0.25, 0.3) is 0 Å². The number of hydrogen-bond donors (Lipinski definition) is 1. The van der Waals surface area contributed by atoms with Gasteiger partial charge < -0.3 is 4.31 Å². The molecule has 84 valence electrons. The van der Waals surface area contributed by atoms with Crippen molar-refractivity contribution in [1.29, 1.82) is 0 Å². The predicted molar refractivity (Wildman–Crippen MR) is 75.0 cm³/mol. The molecule has 15 heavy (non-hydrogen) atoms. The number of anilines is 1. The van der Waals surface area contributed by atoms with Crippen molar-refractivity contribution in [2.24, 2.45) is 0 Å². The Kier molecular flexibility index (Phi) is 6.03. The first-order valence-electron chi connectivity index (χ1n) is 5.37. The van der Waals surface area contributed by atoms with E-state index < -0.39 is 0 Å². The van der Waals surface area contributed by atoms with Crippen LogP contribution in [0, 0.1) is 0 Å². The third kappa shape index (κ3) is 3.99. The van der Waals surface area contributed by atoms with Gasteiger partial charge in [-0.05, 0) is 37.4 Å². The zero-order chi connectivity index (χ0) is 11.1. The molecule has 1 aromatic rings. The van der Waals surface area contributed by atoms with Gasteiger partial charge in [0.05, 0.1) is 0 Å².